The maximum Gasteiger partial charge on any atom is 0.269 e. The Morgan fingerprint density at radius 3 is 2.88 bits per heavy atom. The Labute approximate surface area is 155 Å². The Morgan fingerprint density at radius 2 is 2.19 bits per heavy atom. The molecule has 1 atom stereocenters. The van der Waals surface area contributed by atoms with Gasteiger partial charge in [0.2, 0.25) is 5.91 Å². The second-order valence-electron chi connectivity index (χ2n) is 6.75. The first-order valence-corrected chi connectivity index (χ1v) is 9.82. The normalized spacial score (nSPS) is 20.6. The van der Waals surface area contributed by atoms with Crippen LogP contribution in [0.2, 0.25) is 0 Å². The third-order valence-electron chi connectivity index (χ3n) is 4.91. The zero-order chi connectivity index (χ0) is 17.9. The van der Waals surface area contributed by atoms with Crippen molar-refractivity contribution in [1.82, 2.24) is 19.7 Å². The molecule has 0 unspecified atom stereocenters. The lowest BCUT2D eigenvalue weighted by molar-refractivity contribution is -0.117. The fourth-order valence-electron chi connectivity index (χ4n) is 3.45. The Hall–Kier alpha value is -2.26. The van der Waals surface area contributed by atoms with E-state index in [0.29, 0.717) is 18.2 Å². The largest absolute Gasteiger partial charge is 0.370 e. The second kappa shape index (κ2) is 7.55. The van der Waals surface area contributed by atoms with Crippen molar-refractivity contribution in [1.29, 1.82) is 0 Å². The lowest BCUT2D eigenvalue weighted by Crippen LogP contribution is -2.44. The number of nitrogens with zero attached hydrogens (tertiary/aromatic N) is 5. The smallest absolute Gasteiger partial charge is 0.269 e. The Morgan fingerprint density at radius 1 is 1.31 bits per heavy atom. The molecule has 8 nitrogen and oxygen atoms in total. The van der Waals surface area contributed by atoms with Crippen LogP contribution in [0.25, 0.3) is 0 Å². The van der Waals surface area contributed by atoms with Gasteiger partial charge in [-0.05, 0) is 25.8 Å². The molecule has 0 spiro atoms. The third-order valence-corrected chi connectivity index (χ3v) is 5.59. The van der Waals surface area contributed by atoms with Crippen molar-refractivity contribution in [3.63, 3.8) is 0 Å². The van der Waals surface area contributed by atoms with Crippen LogP contribution in [0.3, 0.4) is 0 Å². The highest BCUT2D eigenvalue weighted by Crippen LogP contribution is 2.21. The Bertz CT molecular complexity index is 817. The van der Waals surface area contributed by atoms with Crippen molar-refractivity contribution in [3.8, 4) is 0 Å². The first kappa shape index (κ1) is 17.2. The molecule has 9 heteroatoms. The molecular formula is C17H22N6O2S. The predicted molar refractivity (Wildman–Crippen MR) is 101 cm³/mol. The van der Waals surface area contributed by atoms with Crippen molar-refractivity contribution in [2.45, 2.75) is 25.3 Å². The van der Waals surface area contributed by atoms with Crippen LogP contribution in [-0.4, -0.2) is 58.3 Å². The first-order valence-electron chi connectivity index (χ1n) is 8.94. The van der Waals surface area contributed by atoms with Gasteiger partial charge in [0.05, 0.1) is 24.5 Å². The van der Waals surface area contributed by atoms with E-state index < -0.39 is 0 Å². The van der Waals surface area contributed by atoms with Gasteiger partial charge < -0.3 is 10.2 Å². The van der Waals surface area contributed by atoms with Crippen LogP contribution in [0.1, 0.15) is 25.3 Å². The summed E-state index contributed by atoms with van der Waals surface area (Å²) in [5, 5.41) is 9.65. The molecule has 0 saturated carbocycles. The number of amides is 1. The summed E-state index contributed by atoms with van der Waals surface area (Å²) in [5.74, 6) is -0.0750. The Balaban J connectivity index is 1.38. The minimum atomic E-state index is -0.0750. The summed E-state index contributed by atoms with van der Waals surface area (Å²) >= 11 is 1.40. The van der Waals surface area contributed by atoms with Crippen LogP contribution in [0.5, 0.6) is 0 Å². The molecule has 4 heterocycles. The molecule has 1 amide bonds. The number of piperidine rings is 1. The van der Waals surface area contributed by atoms with Gasteiger partial charge >= 0.3 is 0 Å². The van der Waals surface area contributed by atoms with Gasteiger partial charge in [-0.15, -0.1) is 11.3 Å². The van der Waals surface area contributed by atoms with Gasteiger partial charge in [-0.2, -0.15) is 5.10 Å². The summed E-state index contributed by atoms with van der Waals surface area (Å²) in [6, 6.07) is 1.69. The summed E-state index contributed by atoms with van der Waals surface area (Å²) in [6.07, 6.45) is 6.47. The summed E-state index contributed by atoms with van der Waals surface area (Å²) in [5.41, 5.74) is 0.849. The molecule has 2 aromatic heterocycles. The summed E-state index contributed by atoms with van der Waals surface area (Å²) < 4.78 is 1.58. The lowest BCUT2D eigenvalue weighted by Gasteiger charge is -2.34. The Kier molecular flexibility index (Phi) is 4.98. The molecule has 4 rings (SSSR count). The van der Waals surface area contributed by atoms with Gasteiger partial charge in [-0.3, -0.25) is 14.5 Å². The molecule has 0 aromatic carbocycles. The van der Waals surface area contributed by atoms with E-state index in [1.807, 2.05) is 5.38 Å². The minimum Gasteiger partial charge on any atom is -0.370 e. The van der Waals surface area contributed by atoms with E-state index in [0.717, 1.165) is 38.2 Å². The number of carbonyl (C=O) groups is 1. The maximum absolute atomic E-state index is 12.5. The molecule has 1 N–H and O–H groups in total. The molecule has 0 bridgehead atoms. The van der Waals surface area contributed by atoms with Crippen molar-refractivity contribution in [2.24, 2.45) is 0 Å². The first-order chi connectivity index (χ1) is 12.7. The quantitative estimate of drug-likeness (QED) is 0.846. The van der Waals surface area contributed by atoms with Crippen LogP contribution in [0, 0.1) is 0 Å². The molecule has 2 aliphatic rings. The van der Waals surface area contributed by atoms with E-state index in [2.05, 4.69) is 25.2 Å². The number of rotatable bonds is 5. The van der Waals surface area contributed by atoms with Gasteiger partial charge in [0.15, 0.2) is 5.13 Å². The number of carbonyl (C=O) groups excluding carboxylic acids is 1. The van der Waals surface area contributed by atoms with Crippen LogP contribution in [-0.2, 0) is 4.79 Å². The highest BCUT2D eigenvalue weighted by molar-refractivity contribution is 7.13. The van der Waals surface area contributed by atoms with E-state index in [1.54, 1.807) is 23.1 Å². The van der Waals surface area contributed by atoms with E-state index in [9.17, 15) is 9.59 Å². The summed E-state index contributed by atoms with van der Waals surface area (Å²) in [7, 11) is 0. The highest BCUT2D eigenvalue weighted by Gasteiger charge is 2.25. The van der Waals surface area contributed by atoms with Crippen molar-refractivity contribution < 1.29 is 4.79 Å². The zero-order valence-electron chi connectivity index (χ0n) is 14.5. The zero-order valence-corrected chi connectivity index (χ0v) is 15.3. The number of aromatic nitrogens is 3. The monoisotopic (exact) mass is 374 g/mol. The predicted octanol–water partition coefficient (Wildman–Crippen LogP) is 1.19. The molecule has 0 radical (unpaired) electrons. The fourth-order valence-corrected chi connectivity index (χ4v) is 4.00. The molecule has 2 aliphatic heterocycles. The van der Waals surface area contributed by atoms with E-state index >= 15 is 0 Å². The average molecular weight is 374 g/mol. The topological polar surface area (TPSA) is 83.4 Å². The van der Waals surface area contributed by atoms with Gasteiger partial charge in [-0.1, -0.05) is 0 Å². The fraction of sp³-hybridized carbons (Fsp3) is 0.529. The SMILES string of the molecule is O=C(CN1CCC[C@@H](n2ncc(N3CCC3)cc2=O)C1)Nc1nccs1. The number of hydrogen-bond donors (Lipinski definition) is 1. The highest BCUT2D eigenvalue weighted by atomic mass is 32.1. The number of anilines is 2. The van der Waals surface area contributed by atoms with E-state index in [4.69, 9.17) is 0 Å². The maximum atomic E-state index is 12.5. The average Bonchev–Trinajstić information content (AvgIpc) is 3.06. The van der Waals surface area contributed by atoms with Crippen molar-refractivity contribution >= 4 is 28.1 Å². The summed E-state index contributed by atoms with van der Waals surface area (Å²) in [6.45, 7) is 3.80. The lowest BCUT2D eigenvalue weighted by atomic mass is 10.1. The molecule has 2 saturated heterocycles. The number of hydrogen-bond acceptors (Lipinski definition) is 7. The van der Waals surface area contributed by atoms with Gasteiger partial charge in [0.1, 0.15) is 0 Å². The molecule has 138 valence electrons. The van der Waals surface area contributed by atoms with Crippen molar-refractivity contribution in [3.05, 3.63) is 34.2 Å². The van der Waals surface area contributed by atoms with Crippen LogP contribution < -0.4 is 15.8 Å². The van der Waals surface area contributed by atoms with Crippen molar-refractivity contribution in [2.75, 3.05) is 42.9 Å². The van der Waals surface area contributed by atoms with Crippen LogP contribution in [0.4, 0.5) is 10.8 Å². The van der Waals surface area contributed by atoms with Crippen LogP contribution >= 0.6 is 11.3 Å². The van der Waals surface area contributed by atoms with Gasteiger partial charge in [0, 0.05) is 37.3 Å². The third kappa shape index (κ3) is 3.78. The minimum absolute atomic E-state index is 0.00866. The summed E-state index contributed by atoms with van der Waals surface area (Å²) in [4.78, 5) is 33.0. The molecule has 26 heavy (non-hydrogen) atoms. The molecule has 2 aromatic rings. The molecular weight excluding hydrogens is 352 g/mol. The number of thiazole rings is 1. The van der Waals surface area contributed by atoms with E-state index in [-0.39, 0.29) is 17.5 Å². The molecule has 2 fully saturated rings. The van der Waals surface area contributed by atoms with Crippen LogP contribution in [0.15, 0.2) is 28.6 Å². The number of nitrogens with one attached hydrogen (secondary N) is 1. The standard InChI is InChI=1S/C17H22N6O2S/c24-15(20-17-18-4-8-26-17)12-21-5-1-3-13(11-21)23-16(25)9-14(10-19-23)22-6-2-7-22/h4,8-10,13H,1-3,5-7,11-12H2,(H,18,20,24)/t13-/m1/s1. The van der Waals surface area contributed by atoms with E-state index in [1.165, 1.54) is 17.8 Å². The number of likely N-dealkylation sites (tertiary alicyclic amines) is 1. The van der Waals surface area contributed by atoms with Gasteiger partial charge in [-0.25, -0.2) is 9.67 Å². The van der Waals surface area contributed by atoms with Gasteiger partial charge in [0.25, 0.3) is 5.56 Å². The second-order valence-corrected chi connectivity index (χ2v) is 7.65. The molecule has 0 aliphatic carbocycles.